The van der Waals surface area contributed by atoms with Crippen molar-refractivity contribution < 1.29 is 14.3 Å². The fraction of sp³-hybridized carbons (Fsp3) is 0.0833. The highest BCUT2D eigenvalue weighted by atomic mass is 19.1. The average molecular weight is 219 g/mol. The summed E-state index contributed by atoms with van der Waals surface area (Å²) in [5.41, 5.74) is 1.09. The van der Waals surface area contributed by atoms with Crippen LogP contribution in [0, 0.1) is 5.82 Å². The van der Waals surface area contributed by atoms with Crippen molar-refractivity contribution in [2.24, 2.45) is 7.05 Å². The van der Waals surface area contributed by atoms with E-state index in [1.807, 2.05) is 0 Å². The Bertz CT molecular complexity index is 546. The van der Waals surface area contributed by atoms with Crippen molar-refractivity contribution in [2.45, 2.75) is 0 Å². The predicted octanol–water partition coefficient (Wildman–Crippen LogP) is 2.53. The number of carboxylic acid groups (broad SMARTS) is 1. The molecule has 82 valence electrons. The average Bonchev–Trinajstić information content (AvgIpc) is 2.61. The van der Waals surface area contributed by atoms with Gasteiger partial charge in [-0.15, -0.1) is 0 Å². The zero-order chi connectivity index (χ0) is 11.7. The quantitative estimate of drug-likeness (QED) is 0.843. The van der Waals surface area contributed by atoms with Gasteiger partial charge in [0.1, 0.15) is 11.5 Å². The van der Waals surface area contributed by atoms with E-state index in [9.17, 15) is 9.18 Å². The van der Waals surface area contributed by atoms with Gasteiger partial charge in [0, 0.05) is 12.6 Å². The van der Waals surface area contributed by atoms with E-state index in [1.165, 1.54) is 16.7 Å². The normalized spacial score (nSPS) is 10.4. The predicted molar refractivity (Wildman–Crippen MR) is 57.8 cm³/mol. The molecule has 0 atom stereocenters. The molecule has 2 aromatic rings. The summed E-state index contributed by atoms with van der Waals surface area (Å²) < 4.78 is 15.0. The Balaban J connectivity index is 2.58. The number of halogens is 1. The molecule has 0 aliphatic rings. The number of hydrogen-bond donors (Lipinski definition) is 1. The van der Waals surface area contributed by atoms with Crippen LogP contribution in [0.3, 0.4) is 0 Å². The maximum Gasteiger partial charge on any atom is 0.352 e. The van der Waals surface area contributed by atoms with E-state index in [-0.39, 0.29) is 11.5 Å². The first-order valence-electron chi connectivity index (χ1n) is 4.75. The van der Waals surface area contributed by atoms with Gasteiger partial charge in [-0.25, -0.2) is 9.18 Å². The van der Waals surface area contributed by atoms with Crippen LogP contribution in [0.1, 0.15) is 10.5 Å². The van der Waals surface area contributed by atoms with Crippen LogP contribution < -0.4 is 0 Å². The lowest BCUT2D eigenvalue weighted by Gasteiger charge is -2.06. The molecule has 0 saturated carbocycles. The van der Waals surface area contributed by atoms with Crippen LogP contribution in [0.15, 0.2) is 36.4 Å². The van der Waals surface area contributed by atoms with E-state index in [2.05, 4.69) is 0 Å². The zero-order valence-corrected chi connectivity index (χ0v) is 8.64. The summed E-state index contributed by atoms with van der Waals surface area (Å²) in [5, 5.41) is 8.88. The molecule has 3 nitrogen and oxygen atoms in total. The van der Waals surface area contributed by atoms with Crippen LogP contribution in [0.5, 0.6) is 0 Å². The van der Waals surface area contributed by atoms with Crippen molar-refractivity contribution in [3.8, 4) is 11.3 Å². The molecular formula is C12H10FNO2. The van der Waals surface area contributed by atoms with Gasteiger partial charge in [-0.2, -0.15) is 0 Å². The van der Waals surface area contributed by atoms with Gasteiger partial charge in [0.2, 0.25) is 0 Å². The second kappa shape index (κ2) is 3.81. The molecule has 1 aromatic heterocycles. The number of nitrogens with zero attached hydrogens (tertiary/aromatic N) is 1. The van der Waals surface area contributed by atoms with Crippen LogP contribution in [0.4, 0.5) is 4.39 Å². The maximum absolute atomic E-state index is 13.5. The Hall–Kier alpha value is -2.10. The first kappa shape index (κ1) is 10.4. The summed E-state index contributed by atoms with van der Waals surface area (Å²) in [6.45, 7) is 0. The molecule has 4 heteroatoms. The number of carbonyl (C=O) groups is 1. The minimum Gasteiger partial charge on any atom is -0.477 e. The number of hydrogen-bond acceptors (Lipinski definition) is 1. The molecule has 0 bridgehead atoms. The summed E-state index contributed by atoms with van der Waals surface area (Å²) in [6, 6.07) is 9.34. The van der Waals surface area contributed by atoms with Crippen molar-refractivity contribution in [3.63, 3.8) is 0 Å². The largest absolute Gasteiger partial charge is 0.477 e. The lowest BCUT2D eigenvalue weighted by atomic mass is 10.1. The van der Waals surface area contributed by atoms with Gasteiger partial charge in [0.25, 0.3) is 0 Å². The SMILES string of the molecule is Cn1c(C(=O)O)ccc1-c1ccccc1F. The number of rotatable bonds is 2. The summed E-state index contributed by atoms with van der Waals surface area (Å²) in [5.74, 6) is -1.38. The third kappa shape index (κ3) is 1.58. The molecule has 0 spiro atoms. The molecule has 1 N–H and O–H groups in total. The van der Waals surface area contributed by atoms with E-state index in [0.717, 1.165) is 0 Å². The second-order valence-corrected chi connectivity index (χ2v) is 3.45. The monoisotopic (exact) mass is 219 g/mol. The van der Waals surface area contributed by atoms with Crippen LogP contribution in [-0.4, -0.2) is 15.6 Å². The lowest BCUT2D eigenvalue weighted by Crippen LogP contribution is -2.05. The molecule has 0 amide bonds. The molecule has 1 heterocycles. The Labute approximate surface area is 91.8 Å². The fourth-order valence-electron chi connectivity index (χ4n) is 1.67. The van der Waals surface area contributed by atoms with E-state index in [1.54, 1.807) is 31.3 Å². The molecule has 0 radical (unpaired) electrons. The number of aromatic nitrogens is 1. The number of benzene rings is 1. The first-order chi connectivity index (χ1) is 7.61. The van der Waals surface area contributed by atoms with E-state index < -0.39 is 5.97 Å². The van der Waals surface area contributed by atoms with Gasteiger partial charge in [0.15, 0.2) is 0 Å². The van der Waals surface area contributed by atoms with E-state index in [0.29, 0.717) is 11.3 Å². The number of aromatic carboxylic acids is 1. The first-order valence-corrected chi connectivity index (χ1v) is 4.75. The topological polar surface area (TPSA) is 42.2 Å². The molecule has 16 heavy (non-hydrogen) atoms. The standard InChI is InChI=1S/C12H10FNO2/c1-14-10(6-7-11(14)12(15)16)8-4-2-3-5-9(8)13/h2-7H,1H3,(H,15,16). The molecule has 2 rings (SSSR count). The minimum absolute atomic E-state index is 0.137. The van der Waals surface area contributed by atoms with Crippen molar-refractivity contribution in [2.75, 3.05) is 0 Å². The molecule has 1 aromatic carbocycles. The Morgan fingerprint density at radius 2 is 1.94 bits per heavy atom. The Kier molecular flexibility index (Phi) is 2.48. The summed E-state index contributed by atoms with van der Waals surface area (Å²) in [7, 11) is 1.60. The molecule has 0 aliphatic carbocycles. The second-order valence-electron chi connectivity index (χ2n) is 3.45. The molecule has 0 unspecified atom stereocenters. The summed E-state index contributed by atoms with van der Waals surface area (Å²) >= 11 is 0. The van der Waals surface area contributed by atoms with Crippen molar-refractivity contribution >= 4 is 5.97 Å². The highest BCUT2D eigenvalue weighted by molar-refractivity contribution is 5.87. The molecule has 0 saturated heterocycles. The molecular weight excluding hydrogens is 209 g/mol. The Morgan fingerprint density at radius 1 is 1.25 bits per heavy atom. The van der Waals surface area contributed by atoms with Crippen molar-refractivity contribution in [1.29, 1.82) is 0 Å². The van der Waals surface area contributed by atoms with Gasteiger partial charge in [-0.05, 0) is 24.3 Å². The van der Waals surface area contributed by atoms with Crippen LogP contribution >= 0.6 is 0 Å². The van der Waals surface area contributed by atoms with Gasteiger partial charge >= 0.3 is 5.97 Å². The third-order valence-corrected chi connectivity index (χ3v) is 2.49. The lowest BCUT2D eigenvalue weighted by molar-refractivity contribution is 0.0686. The molecule has 0 fully saturated rings. The highest BCUT2D eigenvalue weighted by Crippen LogP contribution is 2.24. The highest BCUT2D eigenvalue weighted by Gasteiger charge is 2.13. The van der Waals surface area contributed by atoms with Crippen molar-refractivity contribution in [1.82, 2.24) is 4.57 Å². The van der Waals surface area contributed by atoms with Gasteiger partial charge in [0.05, 0.1) is 5.69 Å². The third-order valence-electron chi connectivity index (χ3n) is 2.49. The van der Waals surface area contributed by atoms with Gasteiger partial charge in [-0.3, -0.25) is 0 Å². The van der Waals surface area contributed by atoms with E-state index in [4.69, 9.17) is 5.11 Å². The smallest absolute Gasteiger partial charge is 0.352 e. The van der Waals surface area contributed by atoms with Crippen molar-refractivity contribution in [3.05, 3.63) is 47.9 Å². The summed E-state index contributed by atoms with van der Waals surface area (Å²) in [4.78, 5) is 10.8. The van der Waals surface area contributed by atoms with Crippen LogP contribution in [0.25, 0.3) is 11.3 Å². The van der Waals surface area contributed by atoms with Gasteiger partial charge in [-0.1, -0.05) is 12.1 Å². The zero-order valence-electron chi connectivity index (χ0n) is 8.64. The maximum atomic E-state index is 13.5. The minimum atomic E-state index is -1.02. The number of carboxylic acids is 1. The molecule has 0 aliphatic heterocycles. The van der Waals surface area contributed by atoms with Crippen LogP contribution in [-0.2, 0) is 7.05 Å². The van der Waals surface area contributed by atoms with Gasteiger partial charge < -0.3 is 9.67 Å². The Morgan fingerprint density at radius 3 is 2.50 bits per heavy atom. The van der Waals surface area contributed by atoms with Crippen LogP contribution in [0.2, 0.25) is 0 Å². The van der Waals surface area contributed by atoms with E-state index >= 15 is 0 Å². The fourth-order valence-corrected chi connectivity index (χ4v) is 1.67. The summed E-state index contributed by atoms with van der Waals surface area (Å²) in [6.07, 6.45) is 0.